The fourth-order valence-electron chi connectivity index (χ4n) is 1.12. The van der Waals surface area contributed by atoms with Gasteiger partial charge in [0.1, 0.15) is 0 Å². The first-order valence-corrected chi connectivity index (χ1v) is 5.90. The Kier molecular flexibility index (Phi) is 2.88. The van der Waals surface area contributed by atoms with Gasteiger partial charge < -0.3 is 10.3 Å². The summed E-state index contributed by atoms with van der Waals surface area (Å²) in [6.45, 7) is 2.79. The molecule has 2 aromatic heterocycles. The van der Waals surface area contributed by atoms with Crippen LogP contribution in [0.2, 0.25) is 0 Å². The molecule has 0 saturated carbocycles. The van der Waals surface area contributed by atoms with E-state index < -0.39 is 0 Å². The number of aryl methyl sites for hydroxylation is 1. The number of anilines is 1. The fourth-order valence-corrected chi connectivity index (χ4v) is 2.51. The summed E-state index contributed by atoms with van der Waals surface area (Å²) < 4.78 is 1.13. The number of imidazole rings is 1. The van der Waals surface area contributed by atoms with Gasteiger partial charge in [0.15, 0.2) is 0 Å². The molecule has 0 amide bonds. The van der Waals surface area contributed by atoms with Gasteiger partial charge in [-0.3, -0.25) is 0 Å². The second kappa shape index (κ2) is 4.14. The molecule has 74 valence electrons. The minimum atomic E-state index is 0.809. The summed E-state index contributed by atoms with van der Waals surface area (Å²) in [5, 5.41) is 5.29. The van der Waals surface area contributed by atoms with Crippen molar-refractivity contribution in [2.45, 2.75) is 13.5 Å². The Balaban J connectivity index is 1.94. The number of halogens is 1. The third kappa shape index (κ3) is 2.36. The van der Waals surface area contributed by atoms with Crippen molar-refractivity contribution in [2.24, 2.45) is 0 Å². The summed E-state index contributed by atoms with van der Waals surface area (Å²) in [6, 6.07) is 2.10. The Morgan fingerprint density at radius 3 is 3.07 bits per heavy atom. The Labute approximate surface area is 94.7 Å². The third-order valence-corrected chi connectivity index (χ3v) is 3.45. The van der Waals surface area contributed by atoms with E-state index in [4.69, 9.17) is 0 Å². The molecule has 0 saturated heterocycles. The molecule has 2 aromatic rings. The van der Waals surface area contributed by atoms with Gasteiger partial charge in [0, 0.05) is 26.6 Å². The molecule has 0 fully saturated rings. The first-order chi connectivity index (χ1) is 6.74. The lowest BCUT2D eigenvalue weighted by Crippen LogP contribution is -1.98. The Morgan fingerprint density at radius 2 is 2.50 bits per heavy atom. The van der Waals surface area contributed by atoms with Crippen molar-refractivity contribution in [1.82, 2.24) is 9.97 Å². The highest BCUT2D eigenvalue weighted by Crippen LogP contribution is 2.20. The van der Waals surface area contributed by atoms with Gasteiger partial charge in [-0.25, -0.2) is 4.98 Å². The molecule has 0 aliphatic rings. The average molecular weight is 272 g/mol. The Bertz CT molecular complexity index is 381. The van der Waals surface area contributed by atoms with Crippen LogP contribution in [-0.2, 0) is 6.54 Å². The predicted octanol–water partition coefficient (Wildman–Crippen LogP) is 3.15. The van der Waals surface area contributed by atoms with Crippen LogP contribution < -0.4 is 5.32 Å². The van der Waals surface area contributed by atoms with Crippen molar-refractivity contribution in [3.8, 4) is 0 Å². The molecule has 2 N–H and O–H groups in total. The Hall–Kier alpha value is -0.810. The van der Waals surface area contributed by atoms with Crippen LogP contribution in [0.5, 0.6) is 0 Å². The second-order valence-corrected chi connectivity index (χ2v) is 4.91. The van der Waals surface area contributed by atoms with E-state index in [0.29, 0.717) is 0 Å². The number of aromatic amines is 1. The first-order valence-electron chi connectivity index (χ1n) is 4.22. The molecule has 0 aromatic carbocycles. The first kappa shape index (κ1) is 9.73. The van der Waals surface area contributed by atoms with Gasteiger partial charge in [-0.05, 0) is 28.9 Å². The molecule has 0 bridgehead atoms. The number of thiophene rings is 1. The minimum absolute atomic E-state index is 0.809. The molecule has 0 unspecified atom stereocenters. The highest BCUT2D eigenvalue weighted by atomic mass is 79.9. The minimum Gasteiger partial charge on any atom is -0.351 e. The summed E-state index contributed by atoms with van der Waals surface area (Å²) in [4.78, 5) is 8.57. The molecule has 14 heavy (non-hydrogen) atoms. The highest BCUT2D eigenvalue weighted by Gasteiger charge is 1.99. The quantitative estimate of drug-likeness (QED) is 0.901. The summed E-state index contributed by atoms with van der Waals surface area (Å²) >= 11 is 5.15. The van der Waals surface area contributed by atoms with Crippen molar-refractivity contribution in [1.29, 1.82) is 0 Å². The molecule has 2 rings (SSSR count). The Morgan fingerprint density at radius 1 is 1.64 bits per heavy atom. The zero-order valence-electron chi connectivity index (χ0n) is 7.67. The monoisotopic (exact) mass is 271 g/mol. The summed E-state index contributed by atoms with van der Waals surface area (Å²) in [7, 11) is 0. The normalized spacial score (nSPS) is 10.4. The predicted molar refractivity (Wildman–Crippen MR) is 62.7 cm³/mol. The molecule has 3 nitrogen and oxygen atoms in total. The van der Waals surface area contributed by atoms with Crippen LogP contribution in [0.3, 0.4) is 0 Å². The van der Waals surface area contributed by atoms with Gasteiger partial charge in [0.2, 0.25) is 5.95 Å². The van der Waals surface area contributed by atoms with E-state index in [1.165, 1.54) is 4.88 Å². The van der Waals surface area contributed by atoms with Crippen molar-refractivity contribution in [3.05, 3.63) is 32.7 Å². The number of nitrogens with zero attached hydrogens (tertiary/aromatic N) is 1. The van der Waals surface area contributed by atoms with Gasteiger partial charge >= 0.3 is 0 Å². The van der Waals surface area contributed by atoms with E-state index in [9.17, 15) is 0 Å². The highest BCUT2D eigenvalue weighted by molar-refractivity contribution is 9.10. The van der Waals surface area contributed by atoms with E-state index in [-0.39, 0.29) is 0 Å². The number of hydrogen-bond acceptors (Lipinski definition) is 3. The van der Waals surface area contributed by atoms with Crippen LogP contribution in [0.4, 0.5) is 5.95 Å². The van der Waals surface area contributed by atoms with Gasteiger partial charge in [0.25, 0.3) is 0 Å². The van der Waals surface area contributed by atoms with Crippen LogP contribution >= 0.6 is 27.3 Å². The van der Waals surface area contributed by atoms with Gasteiger partial charge in [0.05, 0.1) is 6.54 Å². The lowest BCUT2D eigenvalue weighted by Gasteiger charge is -1.98. The lowest BCUT2D eigenvalue weighted by atomic mass is 10.5. The zero-order chi connectivity index (χ0) is 9.97. The molecule has 2 heterocycles. The summed E-state index contributed by atoms with van der Waals surface area (Å²) in [5.74, 6) is 0.826. The largest absolute Gasteiger partial charge is 0.351 e. The molecule has 0 aliphatic carbocycles. The summed E-state index contributed by atoms with van der Waals surface area (Å²) in [5.41, 5.74) is 1.07. The van der Waals surface area contributed by atoms with Crippen molar-refractivity contribution in [2.75, 3.05) is 5.32 Å². The van der Waals surface area contributed by atoms with Gasteiger partial charge in [-0.1, -0.05) is 0 Å². The second-order valence-electron chi connectivity index (χ2n) is 3.00. The molecule has 5 heteroatoms. The molecular weight excluding hydrogens is 262 g/mol. The fraction of sp³-hybridized carbons (Fsp3) is 0.222. The van der Waals surface area contributed by atoms with Crippen LogP contribution in [0.1, 0.15) is 10.6 Å². The smallest absolute Gasteiger partial charge is 0.200 e. The van der Waals surface area contributed by atoms with E-state index in [2.05, 4.69) is 42.7 Å². The maximum Gasteiger partial charge on any atom is 0.200 e. The standard InChI is InChI=1S/C9H10BrN3S/c1-6-3-11-9(13-6)12-4-8-2-7(10)5-14-8/h2-3,5H,4H2,1H3,(H2,11,12,13). The average Bonchev–Trinajstić information content (AvgIpc) is 2.72. The van der Waals surface area contributed by atoms with Crippen molar-refractivity contribution < 1.29 is 0 Å². The summed E-state index contributed by atoms with van der Waals surface area (Å²) in [6.07, 6.45) is 1.81. The van der Waals surface area contributed by atoms with Gasteiger partial charge in [-0.2, -0.15) is 0 Å². The van der Waals surface area contributed by atoms with Crippen LogP contribution in [0.15, 0.2) is 22.1 Å². The number of aromatic nitrogens is 2. The van der Waals surface area contributed by atoms with Crippen LogP contribution in [0.25, 0.3) is 0 Å². The van der Waals surface area contributed by atoms with E-state index in [1.807, 2.05) is 13.1 Å². The maximum absolute atomic E-state index is 4.16. The number of nitrogens with one attached hydrogen (secondary N) is 2. The van der Waals surface area contributed by atoms with E-state index in [0.717, 1.165) is 22.7 Å². The molecular formula is C9H10BrN3S. The molecule has 0 atom stereocenters. The number of H-pyrrole nitrogens is 1. The van der Waals surface area contributed by atoms with Crippen molar-refractivity contribution >= 4 is 33.2 Å². The zero-order valence-corrected chi connectivity index (χ0v) is 10.1. The molecule has 0 radical (unpaired) electrons. The SMILES string of the molecule is Cc1cnc(NCc2cc(Br)cs2)[nH]1. The number of hydrogen-bond donors (Lipinski definition) is 2. The van der Waals surface area contributed by atoms with Crippen LogP contribution in [0, 0.1) is 6.92 Å². The lowest BCUT2D eigenvalue weighted by molar-refractivity contribution is 1.11. The molecule has 0 aliphatic heterocycles. The van der Waals surface area contributed by atoms with E-state index in [1.54, 1.807) is 11.3 Å². The topological polar surface area (TPSA) is 40.7 Å². The number of rotatable bonds is 3. The van der Waals surface area contributed by atoms with Gasteiger partial charge in [-0.15, -0.1) is 11.3 Å². The third-order valence-electron chi connectivity index (χ3n) is 1.75. The van der Waals surface area contributed by atoms with E-state index >= 15 is 0 Å². The van der Waals surface area contributed by atoms with Crippen molar-refractivity contribution in [3.63, 3.8) is 0 Å². The van der Waals surface area contributed by atoms with Crippen LogP contribution in [-0.4, -0.2) is 9.97 Å². The maximum atomic E-state index is 4.16. The molecule has 0 spiro atoms.